The van der Waals surface area contributed by atoms with Crippen molar-refractivity contribution in [2.24, 2.45) is 0 Å². The number of halogens is 2. The summed E-state index contributed by atoms with van der Waals surface area (Å²) in [6.45, 7) is 5.19. The van der Waals surface area contributed by atoms with Crippen molar-refractivity contribution < 1.29 is 9.53 Å². The lowest BCUT2D eigenvalue weighted by Crippen LogP contribution is -2.50. The molecule has 2 saturated heterocycles. The second-order valence-corrected chi connectivity index (χ2v) is 7.06. The van der Waals surface area contributed by atoms with Crippen molar-refractivity contribution in [2.75, 3.05) is 50.8 Å². The van der Waals surface area contributed by atoms with E-state index in [9.17, 15) is 4.79 Å². The number of nitrogens with zero attached hydrogens (tertiary/aromatic N) is 2. The molecule has 2 aliphatic rings. The van der Waals surface area contributed by atoms with Crippen molar-refractivity contribution in [1.29, 1.82) is 0 Å². The standard InChI is InChI=1S/C17H23Cl2N3O2/c18-14-4-1-5-15(17(14)19)22-8-6-21(7-9-22)12-16(23)20-11-13-3-2-10-24-13/h1,4-5,13H,2-3,6-12H2,(H,20,23). The average molecular weight is 372 g/mol. The molecule has 3 rings (SSSR count). The fourth-order valence-corrected chi connectivity index (χ4v) is 3.59. The molecule has 0 spiro atoms. The molecule has 0 aromatic heterocycles. The van der Waals surface area contributed by atoms with Gasteiger partial charge in [0.2, 0.25) is 5.91 Å². The van der Waals surface area contributed by atoms with Gasteiger partial charge in [0.1, 0.15) is 0 Å². The topological polar surface area (TPSA) is 44.8 Å². The number of benzene rings is 1. The average Bonchev–Trinajstić information content (AvgIpc) is 3.10. The van der Waals surface area contributed by atoms with Crippen molar-refractivity contribution in [3.8, 4) is 0 Å². The quantitative estimate of drug-likeness (QED) is 0.862. The zero-order valence-electron chi connectivity index (χ0n) is 13.6. The molecule has 1 N–H and O–H groups in total. The third-order valence-corrected chi connectivity index (χ3v) is 5.37. The van der Waals surface area contributed by atoms with Crippen LogP contribution in [0.1, 0.15) is 12.8 Å². The summed E-state index contributed by atoms with van der Waals surface area (Å²) in [6.07, 6.45) is 2.32. The highest BCUT2D eigenvalue weighted by Crippen LogP contribution is 2.32. The Morgan fingerprint density at radius 3 is 2.75 bits per heavy atom. The van der Waals surface area contributed by atoms with Crippen molar-refractivity contribution in [3.05, 3.63) is 28.2 Å². The molecule has 24 heavy (non-hydrogen) atoms. The van der Waals surface area contributed by atoms with E-state index in [1.54, 1.807) is 6.07 Å². The van der Waals surface area contributed by atoms with Crippen molar-refractivity contribution in [1.82, 2.24) is 10.2 Å². The van der Waals surface area contributed by atoms with Gasteiger partial charge >= 0.3 is 0 Å². The third kappa shape index (κ3) is 4.54. The fourth-order valence-electron chi connectivity index (χ4n) is 3.18. The largest absolute Gasteiger partial charge is 0.376 e. The lowest BCUT2D eigenvalue weighted by atomic mass is 10.2. The summed E-state index contributed by atoms with van der Waals surface area (Å²) < 4.78 is 5.52. The van der Waals surface area contributed by atoms with Gasteiger partial charge in [-0.05, 0) is 25.0 Å². The number of hydrogen-bond donors (Lipinski definition) is 1. The first kappa shape index (κ1) is 17.8. The number of amides is 1. The van der Waals surface area contributed by atoms with Crippen LogP contribution in [0.2, 0.25) is 10.0 Å². The number of piperazine rings is 1. The van der Waals surface area contributed by atoms with Crippen LogP contribution in [0.15, 0.2) is 18.2 Å². The molecule has 1 unspecified atom stereocenters. The van der Waals surface area contributed by atoms with Gasteiger partial charge in [0.25, 0.3) is 0 Å². The Balaban J connectivity index is 1.43. The maximum Gasteiger partial charge on any atom is 0.234 e. The number of carbonyl (C=O) groups is 1. The zero-order chi connectivity index (χ0) is 16.9. The number of nitrogens with one attached hydrogen (secondary N) is 1. The first-order valence-electron chi connectivity index (χ1n) is 8.43. The highest BCUT2D eigenvalue weighted by atomic mass is 35.5. The van der Waals surface area contributed by atoms with Gasteiger partial charge in [0.15, 0.2) is 0 Å². The van der Waals surface area contributed by atoms with E-state index in [2.05, 4.69) is 15.1 Å². The van der Waals surface area contributed by atoms with Gasteiger partial charge in [0.05, 0.1) is 28.4 Å². The number of carbonyl (C=O) groups excluding carboxylic acids is 1. The summed E-state index contributed by atoms with van der Waals surface area (Å²) in [5, 5.41) is 4.15. The molecule has 0 radical (unpaired) electrons. The summed E-state index contributed by atoms with van der Waals surface area (Å²) in [5.41, 5.74) is 0.964. The normalized spacial score (nSPS) is 21.9. The van der Waals surface area contributed by atoms with Crippen LogP contribution < -0.4 is 10.2 Å². The van der Waals surface area contributed by atoms with Crippen LogP contribution in [0.3, 0.4) is 0 Å². The summed E-state index contributed by atoms with van der Waals surface area (Å²) in [6, 6.07) is 5.69. The molecule has 2 fully saturated rings. The Labute approximate surface area is 152 Å². The molecule has 1 atom stereocenters. The summed E-state index contributed by atoms with van der Waals surface area (Å²) >= 11 is 12.4. The molecule has 5 nitrogen and oxygen atoms in total. The van der Waals surface area contributed by atoms with E-state index in [-0.39, 0.29) is 12.0 Å². The molecular formula is C17H23Cl2N3O2. The Morgan fingerprint density at radius 1 is 1.25 bits per heavy atom. The summed E-state index contributed by atoms with van der Waals surface area (Å²) in [5.74, 6) is 0.0692. The van der Waals surface area contributed by atoms with Crippen molar-refractivity contribution in [2.45, 2.75) is 18.9 Å². The maximum atomic E-state index is 12.1. The first-order valence-corrected chi connectivity index (χ1v) is 9.18. The van der Waals surface area contributed by atoms with Crippen LogP contribution in [-0.2, 0) is 9.53 Å². The molecular weight excluding hydrogens is 349 g/mol. The highest BCUT2D eigenvalue weighted by molar-refractivity contribution is 6.43. The first-order chi connectivity index (χ1) is 11.6. The Bertz CT molecular complexity index is 571. The Kier molecular flexibility index (Phi) is 6.22. The minimum atomic E-state index is 0.0692. The molecule has 0 bridgehead atoms. The SMILES string of the molecule is O=C(CN1CCN(c2cccc(Cl)c2Cl)CC1)NCC1CCCO1. The van der Waals surface area contributed by atoms with Crippen LogP contribution in [0.25, 0.3) is 0 Å². The number of ether oxygens (including phenoxy) is 1. The van der Waals surface area contributed by atoms with E-state index in [1.807, 2.05) is 12.1 Å². The van der Waals surface area contributed by atoms with Gasteiger partial charge in [-0.1, -0.05) is 29.3 Å². The van der Waals surface area contributed by atoms with E-state index in [0.29, 0.717) is 23.1 Å². The van der Waals surface area contributed by atoms with E-state index in [1.165, 1.54) is 0 Å². The lowest BCUT2D eigenvalue weighted by molar-refractivity contribution is -0.122. The molecule has 1 aromatic carbocycles. The molecule has 1 amide bonds. The molecule has 0 aliphatic carbocycles. The molecule has 132 valence electrons. The van der Waals surface area contributed by atoms with Crippen LogP contribution in [0.5, 0.6) is 0 Å². The van der Waals surface area contributed by atoms with Gasteiger partial charge in [-0.25, -0.2) is 0 Å². The monoisotopic (exact) mass is 371 g/mol. The highest BCUT2D eigenvalue weighted by Gasteiger charge is 2.22. The number of hydrogen-bond acceptors (Lipinski definition) is 4. The zero-order valence-corrected chi connectivity index (χ0v) is 15.2. The Morgan fingerprint density at radius 2 is 2.04 bits per heavy atom. The van der Waals surface area contributed by atoms with Gasteiger partial charge < -0.3 is 15.0 Å². The summed E-state index contributed by atoms with van der Waals surface area (Å²) in [7, 11) is 0. The third-order valence-electron chi connectivity index (χ3n) is 4.56. The molecule has 2 aliphatic heterocycles. The van der Waals surface area contributed by atoms with E-state index < -0.39 is 0 Å². The van der Waals surface area contributed by atoms with Gasteiger partial charge in [-0.2, -0.15) is 0 Å². The van der Waals surface area contributed by atoms with Gasteiger partial charge in [-0.15, -0.1) is 0 Å². The molecule has 2 heterocycles. The predicted octanol–water partition coefficient (Wildman–Crippen LogP) is 2.41. The van der Waals surface area contributed by atoms with Crippen molar-refractivity contribution in [3.63, 3.8) is 0 Å². The lowest BCUT2D eigenvalue weighted by Gasteiger charge is -2.36. The van der Waals surface area contributed by atoms with Gasteiger partial charge in [-0.3, -0.25) is 9.69 Å². The van der Waals surface area contributed by atoms with Crippen LogP contribution in [0.4, 0.5) is 5.69 Å². The van der Waals surface area contributed by atoms with Crippen molar-refractivity contribution >= 4 is 34.8 Å². The second kappa shape index (κ2) is 8.39. The minimum absolute atomic E-state index is 0.0692. The fraction of sp³-hybridized carbons (Fsp3) is 0.588. The van der Waals surface area contributed by atoms with Crippen LogP contribution >= 0.6 is 23.2 Å². The van der Waals surface area contributed by atoms with E-state index in [4.69, 9.17) is 27.9 Å². The van der Waals surface area contributed by atoms with E-state index >= 15 is 0 Å². The maximum absolute atomic E-state index is 12.1. The predicted molar refractivity (Wildman–Crippen MR) is 97.1 cm³/mol. The number of anilines is 1. The van der Waals surface area contributed by atoms with Crippen LogP contribution in [-0.4, -0.2) is 62.8 Å². The molecule has 7 heteroatoms. The minimum Gasteiger partial charge on any atom is -0.376 e. The van der Waals surface area contributed by atoms with E-state index in [0.717, 1.165) is 51.3 Å². The Hall–Kier alpha value is -1.01. The molecule has 0 saturated carbocycles. The number of rotatable bonds is 5. The smallest absolute Gasteiger partial charge is 0.234 e. The second-order valence-electron chi connectivity index (χ2n) is 6.28. The van der Waals surface area contributed by atoms with Crippen LogP contribution in [0, 0.1) is 0 Å². The summed E-state index contributed by atoms with van der Waals surface area (Å²) in [4.78, 5) is 16.4. The molecule has 1 aromatic rings. The van der Waals surface area contributed by atoms with Gasteiger partial charge in [0, 0.05) is 39.3 Å².